The number of rotatable bonds is 12. The van der Waals surface area contributed by atoms with Crippen LogP contribution in [0.15, 0.2) is 80.8 Å². The van der Waals surface area contributed by atoms with Crippen LogP contribution in [0.2, 0.25) is 15.1 Å². The fourth-order valence-corrected chi connectivity index (χ4v) is 9.25. The monoisotopic (exact) mass is 901 g/mol. The maximum Gasteiger partial charge on any atom is 0.264 e. The lowest BCUT2D eigenvalue weighted by molar-refractivity contribution is -0.115. The number of phenols is 2. The molecule has 1 saturated heterocycles. The molecule has 59 heavy (non-hydrogen) atoms. The van der Waals surface area contributed by atoms with Gasteiger partial charge in [0, 0.05) is 19.5 Å². The predicted octanol–water partition coefficient (Wildman–Crippen LogP) is 7.93. The Labute approximate surface area is 353 Å². The second kappa shape index (κ2) is 17.3. The van der Waals surface area contributed by atoms with Crippen molar-refractivity contribution in [1.29, 1.82) is 5.26 Å². The van der Waals surface area contributed by atoms with Crippen molar-refractivity contribution < 1.29 is 36.6 Å². The van der Waals surface area contributed by atoms with Gasteiger partial charge in [0.1, 0.15) is 27.2 Å². The highest BCUT2D eigenvalue weighted by atomic mass is 35.5. The van der Waals surface area contributed by atoms with Gasteiger partial charge in [-0.1, -0.05) is 41.7 Å². The van der Waals surface area contributed by atoms with Crippen LogP contribution in [0.3, 0.4) is 0 Å². The van der Waals surface area contributed by atoms with Gasteiger partial charge in [-0.05, 0) is 79.6 Å². The number of hydrogen-bond donors (Lipinski definition) is 5. The maximum atomic E-state index is 14.0. The first-order chi connectivity index (χ1) is 27.9. The third kappa shape index (κ3) is 9.33. The first-order valence-corrected chi connectivity index (χ1v) is 21.6. The number of morpholine rings is 1. The number of amides is 1. The smallest absolute Gasteiger partial charge is 0.264 e. The van der Waals surface area contributed by atoms with Crippen LogP contribution in [0.4, 0.5) is 34.3 Å². The van der Waals surface area contributed by atoms with E-state index in [1.165, 1.54) is 48.7 Å². The maximum absolute atomic E-state index is 14.0. The zero-order valence-corrected chi connectivity index (χ0v) is 35.2. The number of halogens is 3. The van der Waals surface area contributed by atoms with Crippen LogP contribution in [0.25, 0.3) is 5.69 Å². The van der Waals surface area contributed by atoms with E-state index in [1.54, 1.807) is 25.7 Å². The molecule has 0 aliphatic carbocycles. The molecule has 1 aromatic heterocycles. The predicted molar refractivity (Wildman–Crippen MR) is 223 cm³/mol. The Kier molecular flexibility index (Phi) is 12.6. The van der Waals surface area contributed by atoms with E-state index in [9.17, 15) is 37.1 Å². The summed E-state index contributed by atoms with van der Waals surface area (Å²) in [4.78, 5) is 13.0. The van der Waals surface area contributed by atoms with Gasteiger partial charge >= 0.3 is 0 Å². The molecular formula is C37H34Cl3N9O8S2. The molecule has 0 bridgehead atoms. The quantitative estimate of drug-likeness (QED) is 0.0595. The number of carbonyl (C=O) groups excluding carboxylic acids is 1. The number of nitrogens with zero attached hydrogens (tertiary/aromatic N) is 6. The number of hydrogen-bond acceptors (Lipinski definition) is 13. The Morgan fingerprint density at radius 2 is 1.56 bits per heavy atom. The van der Waals surface area contributed by atoms with E-state index in [-0.39, 0.29) is 83.4 Å². The van der Waals surface area contributed by atoms with E-state index in [0.717, 1.165) is 27.9 Å². The number of benzene rings is 4. The summed E-state index contributed by atoms with van der Waals surface area (Å²) < 4.78 is 67.1. The fourth-order valence-electron chi connectivity index (χ4n) is 5.81. The molecule has 0 saturated carbocycles. The zero-order valence-electron chi connectivity index (χ0n) is 31.3. The number of azo groups is 1. The van der Waals surface area contributed by atoms with Crippen molar-refractivity contribution in [2.75, 3.05) is 46.0 Å². The summed E-state index contributed by atoms with van der Waals surface area (Å²) >= 11 is 19.3. The van der Waals surface area contributed by atoms with Crippen molar-refractivity contribution in [2.45, 2.75) is 37.0 Å². The summed E-state index contributed by atoms with van der Waals surface area (Å²) in [6, 6.07) is 13.7. The highest BCUT2D eigenvalue weighted by molar-refractivity contribution is 7.93. The van der Waals surface area contributed by atoms with Crippen LogP contribution in [0.5, 0.6) is 11.5 Å². The van der Waals surface area contributed by atoms with Crippen LogP contribution in [0.1, 0.15) is 30.0 Å². The molecule has 0 unspecified atom stereocenters. The minimum absolute atomic E-state index is 0.00890. The Morgan fingerprint density at radius 1 is 0.864 bits per heavy atom. The molecule has 0 spiro atoms. The van der Waals surface area contributed by atoms with Crippen molar-refractivity contribution in [3.8, 4) is 23.3 Å². The van der Waals surface area contributed by atoms with Crippen molar-refractivity contribution in [3.63, 3.8) is 0 Å². The number of ether oxygens (including phenoxy) is 1. The number of sulfonamides is 2. The first kappa shape index (κ1) is 43.0. The van der Waals surface area contributed by atoms with Gasteiger partial charge in [0.15, 0.2) is 11.6 Å². The summed E-state index contributed by atoms with van der Waals surface area (Å²) in [7, 11) is -9.00. The Morgan fingerprint density at radius 3 is 2.25 bits per heavy atom. The van der Waals surface area contributed by atoms with Gasteiger partial charge in [-0.25, -0.2) is 21.5 Å². The Balaban J connectivity index is 1.33. The topological polar surface area (TPSA) is 241 Å². The molecule has 2 heterocycles. The number of aromatic nitrogens is 2. The van der Waals surface area contributed by atoms with Crippen molar-refractivity contribution in [3.05, 3.63) is 92.6 Å². The fraction of sp³-hybridized carbons (Fsp3) is 0.216. The van der Waals surface area contributed by atoms with E-state index in [0.29, 0.717) is 26.3 Å². The molecular weight excluding hydrogens is 869 g/mol. The average molecular weight is 903 g/mol. The van der Waals surface area contributed by atoms with E-state index in [4.69, 9.17) is 39.5 Å². The molecule has 1 aliphatic rings. The minimum Gasteiger partial charge on any atom is -0.506 e. The molecule has 5 aromatic rings. The third-order valence-corrected chi connectivity index (χ3v) is 12.8. The molecule has 22 heteroatoms. The highest BCUT2D eigenvalue weighted by Crippen LogP contribution is 2.39. The van der Waals surface area contributed by atoms with Crippen LogP contribution in [-0.4, -0.2) is 69.0 Å². The van der Waals surface area contributed by atoms with Crippen molar-refractivity contribution in [1.82, 2.24) is 9.78 Å². The average Bonchev–Trinajstić information content (AvgIpc) is 3.61. The highest BCUT2D eigenvalue weighted by Gasteiger charge is 2.28. The second-order valence-electron chi connectivity index (χ2n) is 13.0. The molecule has 308 valence electrons. The molecule has 17 nitrogen and oxygen atoms in total. The molecule has 1 fully saturated rings. The van der Waals surface area contributed by atoms with Gasteiger partial charge in [-0.2, -0.15) is 10.4 Å². The second-order valence-corrected chi connectivity index (χ2v) is 17.5. The van der Waals surface area contributed by atoms with Gasteiger partial charge in [0.05, 0.1) is 68.6 Å². The van der Waals surface area contributed by atoms with E-state index >= 15 is 0 Å². The number of aromatic hydroxyl groups is 2. The summed E-state index contributed by atoms with van der Waals surface area (Å²) in [5.74, 6) is -1.21. The van der Waals surface area contributed by atoms with E-state index in [1.807, 2.05) is 6.07 Å². The lowest BCUT2D eigenvalue weighted by Crippen LogP contribution is -2.37. The molecule has 5 N–H and O–H groups in total. The normalized spacial score (nSPS) is 13.3. The molecule has 0 radical (unpaired) electrons. The summed E-state index contributed by atoms with van der Waals surface area (Å²) in [6.45, 7) is 6.55. The van der Waals surface area contributed by atoms with Gasteiger partial charge in [0.2, 0.25) is 5.91 Å². The number of nitrogens with one attached hydrogen (secondary N) is 3. The van der Waals surface area contributed by atoms with Crippen LogP contribution in [0, 0.1) is 25.2 Å². The Hall–Kier alpha value is -5.62. The lowest BCUT2D eigenvalue weighted by Gasteiger charge is -2.30. The van der Waals surface area contributed by atoms with Crippen molar-refractivity contribution >= 4 is 95.0 Å². The largest absolute Gasteiger partial charge is 0.506 e. The number of anilines is 4. The van der Waals surface area contributed by atoms with Crippen molar-refractivity contribution in [2.24, 2.45) is 10.2 Å². The van der Waals surface area contributed by atoms with Crippen LogP contribution in [-0.2, 0) is 29.6 Å². The number of carbonyl (C=O) groups is 1. The van der Waals surface area contributed by atoms with Gasteiger partial charge in [0.25, 0.3) is 20.0 Å². The molecule has 4 aromatic carbocycles. The van der Waals surface area contributed by atoms with Crippen LogP contribution < -0.4 is 19.7 Å². The van der Waals surface area contributed by atoms with Gasteiger partial charge in [-0.3, -0.25) is 14.2 Å². The number of aryl methyl sites for hydroxylation is 2. The van der Waals surface area contributed by atoms with E-state index in [2.05, 4.69) is 30.1 Å². The number of nitriles is 1. The summed E-state index contributed by atoms with van der Waals surface area (Å²) in [5, 5.41) is 44.9. The molecule has 1 aliphatic heterocycles. The lowest BCUT2D eigenvalue weighted by atomic mass is 10.1. The van der Waals surface area contributed by atoms with Gasteiger partial charge < -0.3 is 25.2 Å². The minimum atomic E-state index is -4.56. The van der Waals surface area contributed by atoms with Gasteiger partial charge in [-0.15, -0.1) is 10.2 Å². The molecule has 1 amide bonds. The first-order valence-electron chi connectivity index (χ1n) is 17.5. The third-order valence-electron chi connectivity index (χ3n) is 9.00. The zero-order chi connectivity index (χ0) is 42.8. The SMILES string of the molecule is CCC(=O)Nc1cc(N=Nc2c(C#N)cnn2-c2cc(Cl)c(S(=O)(=O)Nc3ccc(N4CCOCC4)c(S(=O)(=O)Nc4cc(C)c(C)cc4O)c3)cc2Cl)cc(Cl)c1O. The number of phenolic OH excluding ortho intramolecular Hbond substituents is 2. The summed E-state index contributed by atoms with van der Waals surface area (Å²) in [5.41, 5.74) is 1.57. The standard InChI is InChI=1S/C37H34Cl3N9O8S2/c1-4-35(51)43-29-14-24(13-27(40)36(29)52)44-45-37-22(18-41)19-42-49(37)31-16-26(39)33(17-25(31)38)58(53,54)46-23-5-6-30(48-7-9-57-10-8-48)34(15-23)59(55,56)47-28-11-20(2)21(3)12-32(28)50/h5-6,11-17,19,46-47,50,52H,4,7-10H2,1-3H3,(H,43,51). The van der Waals surface area contributed by atoms with Crippen LogP contribution >= 0.6 is 34.8 Å². The molecule has 0 atom stereocenters. The molecule has 6 rings (SSSR count). The van der Waals surface area contributed by atoms with E-state index < -0.39 is 30.8 Å². The Bertz CT molecular complexity index is 2790. The summed E-state index contributed by atoms with van der Waals surface area (Å²) in [6.07, 6.45) is 1.30.